The van der Waals surface area contributed by atoms with E-state index in [0.29, 0.717) is 38.8 Å². The van der Waals surface area contributed by atoms with E-state index in [1.807, 2.05) is 30.2 Å². The summed E-state index contributed by atoms with van der Waals surface area (Å²) in [5, 5.41) is 8.57. The summed E-state index contributed by atoms with van der Waals surface area (Å²) in [6, 6.07) is 5.92. The first-order valence-electron chi connectivity index (χ1n) is 9.48. The van der Waals surface area contributed by atoms with Gasteiger partial charge < -0.3 is 9.88 Å². The minimum absolute atomic E-state index is 0.0486. The fourth-order valence-corrected chi connectivity index (χ4v) is 3.41. The van der Waals surface area contributed by atoms with Crippen molar-refractivity contribution in [2.24, 2.45) is 0 Å². The maximum absolute atomic E-state index is 12.1. The van der Waals surface area contributed by atoms with Crippen LogP contribution in [0, 0.1) is 11.3 Å². The molecular formula is C20H25N5O2. The SMILES string of the molecule is CCc1cc2ncc(CN3CCN(C(=O)CCCC#N)CC3)cc2[nH]c1=O. The second-order valence-corrected chi connectivity index (χ2v) is 6.92. The fourth-order valence-electron chi connectivity index (χ4n) is 3.41. The topological polar surface area (TPSA) is 93.1 Å². The Morgan fingerprint density at radius 3 is 2.78 bits per heavy atom. The number of pyridine rings is 2. The lowest BCUT2D eigenvalue weighted by atomic mass is 10.1. The van der Waals surface area contributed by atoms with Gasteiger partial charge in [0.05, 0.1) is 17.1 Å². The molecule has 0 bridgehead atoms. The van der Waals surface area contributed by atoms with Gasteiger partial charge >= 0.3 is 0 Å². The lowest BCUT2D eigenvalue weighted by Crippen LogP contribution is -2.48. The van der Waals surface area contributed by atoms with Gasteiger partial charge in [-0.15, -0.1) is 0 Å². The van der Waals surface area contributed by atoms with Crippen molar-refractivity contribution in [2.45, 2.75) is 39.2 Å². The van der Waals surface area contributed by atoms with Crippen LogP contribution in [0.15, 0.2) is 23.1 Å². The second kappa shape index (κ2) is 8.78. The Morgan fingerprint density at radius 1 is 1.30 bits per heavy atom. The molecule has 142 valence electrons. The van der Waals surface area contributed by atoms with E-state index in [4.69, 9.17) is 5.26 Å². The van der Waals surface area contributed by atoms with Crippen LogP contribution in [0.4, 0.5) is 0 Å². The summed E-state index contributed by atoms with van der Waals surface area (Å²) < 4.78 is 0. The zero-order valence-electron chi connectivity index (χ0n) is 15.7. The summed E-state index contributed by atoms with van der Waals surface area (Å²) in [4.78, 5) is 35.7. The average molecular weight is 367 g/mol. The average Bonchev–Trinajstić information content (AvgIpc) is 2.68. The molecule has 0 radical (unpaired) electrons. The Balaban J connectivity index is 1.58. The van der Waals surface area contributed by atoms with Crippen LogP contribution >= 0.6 is 0 Å². The summed E-state index contributed by atoms with van der Waals surface area (Å²) >= 11 is 0. The number of aromatic nitrogens is 2. The number of amides is 1. The molecule has 0 aromatic carbocycles. The third-order valence-corrected chi connectivity index (χ3v) is 5.02. The van der Waals surface area contributed by atoms with Gasteiger partial charge in [0.15, 0.2) is 0 Å². The predicted molar refractivity (Wildman–Crippen MR) is 103 cm³/mol. The number of piperazine rings is 1. The van der Waals surface area contributed by atoms with Crippen LogP contribution in [0.1, 0.15) is 37.3 Å². The third-order valence-electron chi connectivity index (χ3n) is 5.02. The molecule has 0 saturated carbocycles. The van der Waals surface area contributed by atoms with Crippen LogP contribution in [0.5, 0.6) is 0 Å². The van der Waals surface area contributed by atoms with Gasteiger partial charge in [-0.25, -0.2) is 0 Å². The largest absolute Gasteiger partial charge is 0.340 e. The first-order chi connectivity index (χ1) is 13.1. The minimum atomic E-state index is -0.0486. The normalized spacial score (nSPS) is 15.0. The van der Waals surface area contributed by atoms with Gasteiger partial charge in [-0.3, -0.25) is 19.5 Å². The molecule has 1 amide bonds. The molecule has 0 aliphatic carbocycles. The number of aromatic amines is 1. The lowest BCUT2D eigenvalue weighted by Gasteiger charge is -2.34. The predicted octanol–water partition coefficient (Wildman–Crippen LogP) is 1.82. The molecule has 2 aromatic heterocycles. The summed E-state index contributed by atoms with van der Waals surface area (Å²) in [7, 11) is 0. The van der Waals surface area contributed by atoms with E-state index in [2.05, 4.69) is 20.9 Å². The minimum Gasteiger partial charge on any atom is -0.340 e. The Labute approximate surface area is 158 Å². The summed E-state index contributed by atoms with van der Waals surface area (Å²) in [5.41, 5.74) is 3.32. The maximum Gasteiger partial charge on any atom is 0.251 e. The first-order valence-corrected chi connectivity index (χ1v) is 9.48. The summed E-state index contributed by atoms with van der Waals surface area (Å²) in [6.45, 7) is 5.75. The number of hydrogen-bond donors (Lipinski definition) is 1. The van der Waals surface area contributed by atoms with E-state index in [-0.39, 0.29) is 11.5 Å². The van der Waals surface area contributed by atoms with Crippen LogP contribution in [-0.2, 0) is 17.8 Å². The van der Waals surface area contributed by atoms with Crippen molar-refractivity contribution in [3.63, 3.8) is 0 Å². The Morgan fingerprint density at radius 2 is 2.07 bits per heavy atom. The molecule has 7 nitrogen and oxygen atoms in total. The smallest absolute Gasteiger partial charge is 0.251 e. The lowest BCUT2D eigenvalue weighted by molar-refractivity contribution is -0.133. The first kappa shape index (κ1) is 19.1. The highest BCUT2D eigenvalue weighted by Crippen LogP contribution is 2.14. The van der Waals surface area contributed by atoms with Gasteiger partial charge in [0.2, 0.25) is 5.91 Å². The fraction of sp³-hybridized carbons (Fsp3) is 0.500. The number of hydrogen-bond acceptors (Lipinski definition) is 5. The number of carbonyl (C=O) groups is 1. The monoisotopic (exact) mass is 367 g/mol. The molecule has 1 aliphatic heterocycles. The van der Waals surface area contributed by atoms with E-state index in [1.165, 1.54) is 0 Å². The van der Waals surface area contributed by atoms with Gasteiger partial charge in [0, 0.05) is 57.3 Å². The number of fused-ring (bicyclic) bond motifs is 1. The number of nitriles is 1. The molecule has 0 spiro atoms. The molecule has 0 atom stereocenters. The van der Waals surface area contributed by atoms with E-state index in [0.717, 1.165) is 41.8 Å². The Bertz CT molecular complexity index is 907. The standard InChI is InChI=1S/C20H25N5O2/c1-2-16-12-17-18(23-20(16)27)11-15(13-22-17)14-24-7-9-25(10-8-24)19(26)5-3-4-6-21/h11-13H,2-5,7-10,14H2,1H3,(H,23,27). The van der Waals surface area contributed by atoms with Crippen molar-refractivity contribution in [3.05, 3.63) is 39.8 Å². The molecule has 7 heteroatoms. The molecule has 3 rings (SSSR count). The van der Waals surface area contributed by atoms with E-state index in [9.17, 15) is 9.59 Å². The molecule has 1 fully saturated rings. The Hall–Kier alpha value is -2.72. The second-order valence-electron chi connectivity index (χ2n) is 6.92. The van der Waals surface area contributed by atoms with Crippen molar-refractivity contribution >= 4 is 16.9 Å². The number of aryl methyl sites for hydroxylation is 1. The Kier molecular flexibility index (Phi) is 6.20. The van der Waals surface area contributed by atoms with Crippen molar-refractivity contribution < 1.29 is 4.79 Å². The third kappa shape index (κ3) is 4.72. The van der Waals surface area contributed by atoms with Crippen molar-refractivity contribution in [2.75, 3.05) is 26.2 Å². The number of rotatable bonds is 6. The van der Waals surface area contributed by atoms with Crippen LogP contribution in [-0.4, -0.2) is 51.9 Å². The molecule has 1 N–H and O–H groups in total. The van der Waals surface area contributed by atoms with Crippen LogP contribution in [0.3, 0.4) is 0 Å². The van der Waals surface area contributed by atoms with Gasteiger partial charge in [-0.1, -0.05) is 6.92 Å². The zero-order valence-corrected chi connectivity index (χ0v) is 15.7. The molecule has 2 aromatic rings. The van der Waals surface area contributed by atoms with Crippen molar-refractivity contribution in [1.29, 1.82) is 5.26 Å². The van der Waals surface area contributed by atoms with E-state index in [1.54, 1.807) is 0 Å². The zero-order chi connectivity index (χ0) is 19.2. The highest BCUT2D eigenvalue weighted by atomic mass is 16.2. The number of unbranched alkanes of at least 4 members (excludes halogenated alkanes) is 1. The summed E-state index contributed by atoms with van der Waals surface area (Å²) in [5.74, 6) is 0.140. The van der Waals surface area contributed by atoms with Crippen LogP contribution in [0.25, 0.3) is 11.0 Å². The number of nitrogens with zero attached hydrogens (tertiary/aromatic N) is 4. The van der Waals surface area contributed by atoms with Gasteiger partial charge in [-0.05, 0) is 30.5 Å². The molecule has 1 saturated heterocycles. The van der Waals surface area contributed by atoms with E-state index >= 15 is 0 Å². The van der Waals surface area contributed by atoms with Crippen LogP contribution in [0.2, 0.25) is 0 Å². The van der Waals surface area contributed by atoms with Crippen LogP contribution < -0.4 is 5.56 Å². The van der Waals surface area contributed by atoms with E-state index < -0.39 is 0 Å². The number of carbonyl (C=O) groups excluding carboxylic acids is 1. The highest BCUT2D eigenvalue weighted by Gasteiger charge is 2.20. The summed E-state index contributed by atoms with van der Waals surface area (Å²) in [6.07, 6.45) is 4.07. The molecule has 0 unspecified atom stereocenters. The van der Waals surface area contributed by atoms with Gasteiger partial charge in [-0.2, -0.15) is 5.26 Å². The van der Waals surface area contributed by atoms with Gasteiger partial charge in [0.25, 0.3) is 5.56 Å². The van der Waals surface area contributed by atoms with Crippen molar-refractivity contribution in [1.82, 2.24) is 19.8 Å². The molecule has 1 aliphatic rings. The maximum atomic E-state index is 12.1. The molecule has 27 heavy (non-hydrogen) atoms. The number of H-pyrrole nitrogens is 1. The number of nitrogens with one attached hydrogen (secondary N) is 1. The highest BCUT2D eigenvalue weighted by molar-refractivity contribution is 5.76. The molecular weight excluding hydrogens is 342 g/mol. The molecule has 3 heterocycles. The van der Waals surface area contributed by atoms with Crippen molar-refractivity contribution in [3.8, 4) is 6.07 Å². The van der Waals surface area contributed by atoms with Gasteiger partial charge in [0.1, 0.15) is 0 Å². The quantitative estimate of drug-likeness (QED) is 0.786.